The zero-order valence-corrected chi connectivity index (χ0v) is 6.06. The van der Waals surface area contributed by atoms with Crippen molar-refractivity contribution in [1.82, 2.24) is 0 Å². The molecule has 2 nitrogen and oxygen atoms in total. The van der Waals surface area contributed by atoms with Crippen molar-refractivity contribution >= 4 is 6.41 Å². The summed E-state index contributed by atoms with van der Waals surface area (Å²) in [7, 11) is 0. The Balaban J connectivity index is 0. The molecule has 0 bridgehead atoms. The van der Waals surface area contributed by atoms with Gasteiger partial charge in [0, 0.05) is 0 Å². The first-order valence-electron chi connectivity index (χ1n) is 2.57. The molecule has 0 unspecified atom stereocenters. The Labute approximate surface area is 51.1 Å². The summed E-state index contributed by atoms with van der Waals surface area (Å²) >= 11 is 0. The van der Waals surface area contributed by atoms with E-state index in [1.807, 2.05) is 0 Å². The van der Waals surface area contributed by atoms with E-state index in [0.717, 1.165) is 0 Å². The smallest absolute Gasteiger partial charge is 0.204 e. The predicted octanol–water partition coefficient (Wildman–Crippen LogP) is 1.15. The molecule has 0 fully saturated rings. The van der Waals surface area contributed by atoms with Crippen LogP contribution in [0.25, 0.3) is 0 Å². The van der Waals surface area contributed by atoms with Crippen molar-refractivity contribution in [3.05, 3.63) is 0 Å². The summed E-state index contributed by atoms with van der Waals surface area (Å²) in [4.78, 5) is 8.58. The Kier molecular flexibility index (Phi) is 6.04. The van der Waals surface area contributed by atoms with Crippen LogP contribution in [0.15, 0.2) is 0 Å². The quantitative estimate of drug-likeness (QED) is 0.475. The molecule has 0 aliphatic rings. The van der Waals surface area contributed by atoms with Crippen molar-refractivity contribution in [1.29, 1.82) is 0 Å². The van der Waals surface area contributed by atoms with Crippen molar-refractivity contribution in [2.75, 3.05) is 0 Å². The molecule has 0 saturated heterocycles. The van der Waals surface area contributed by atoms with E-state index in [2.05, 4.69) is 33.4 Å². The monoisotopic (exact) mass is 117 g/mol. The fraction of sp³-hybridized carbons (Fsp3) is 0.833. The summed E-state index contributed by atoms with van der Waals surface area (Å²) in [6.45, 7) is 8.75. The van der Waals surface area contributed by atoms with Crippen molar-refractivity contribution in [2.45, 2.75) is 27.7 Å². The molecule has 0 saturated carbocycles. The van der Waals surface area contributed by atoms with Gasteiger partial charge in [-0.2, -0.15) is 0 Å². The van der Waals surface area contributed by atoms with Crippen molar-refractivity contribution < 1.29 is 4.79 Å². The molecular weight excluding hydrogens is 102 g/mol. The summed E-state index contributed by atoms with van der Waals surface area (Å²) in [5.41, 5.74) is 4.67. The van der Waals surface area contributed by atoms with Gasteiger partial charge in [-0.15, -0.1) is 0 Å². The van der Waals surface area contributed by atoms with Gasteiger partial charge in [-0.25, -0.2) is 0 Å². The van der Waals surface area contributed by atoms with Crippen LogP contribution in [0.5, 0.6) is 0 Å². The van der Waals surface area contributed by atoms with Gasteiger partial charge in [0.1, 0.15) is 0 Å². The highest BCUT2D eigenvalue weighted by atomic mass is 16.1. The lowest BCUT2D eigenvalue weighted by Crippen LogP contribution is -1.93. The predicted molar refractivity (Wildman–Crippen MR) is 35.4 cm³/mol. The maximum Gasteiger partial charge on any atom is 0.204 e. The van der Waals surface area contributed by atoms with Gasteiger partial charge in [0.25, 0.3) is 0 Å². The highest BCUT2D eigenvalue weighted by Crippen LogP contribution is 2.07. The molecule has 2 heteroatoms. The number of hydrogen-bond acceptors (Lipinski definition) is 1. The second-order valence-electron chi connectivity index (χ2n) is 3.14. The van der Waals surface area contributed by atoms with E-state index in [0.29, 0.717) is 5.41 Å². The SMILES string of the molecule is CC(C)(C)C.NC=O. The highest BCUT2D eigenvalue weighted by molar-refractivity contribution is 5.42. The number of primary amides is 1. The minimum absolute atomic E-state index is 0.250. The van der Waals surface area contributed by atoms with Crippen molar-refractivity contribution in [3.8, 4) is 0 Å². The maximum atomic E-state index is 8.58. The molecule has 0 aliphatic heterocycles. The van der Waals surface area contributed by atoms with Crippen LogP contribution in [0.4, 0.5) is 0 Å². The molecule has 50 valence electrons. The minimum Gasteiger partial charge on any atom is -0.372 e. The van der Waals surface area contributed by atoms with Crippen LogP contribution in [0.1, 0.15) is 27.7 Å². The van der Waals surface area contributed by atoms with E-state index in [4.69, 9.17) is 4.79 Å². The van der Waals surface area contributed by atoms with Gasteiger partial charge >= 0.3 is 0 Å². The number of rotatable bonds is 0. The van der Waals surface area contributed by atoms with E-state index >= 15 is 0 Å². The molecule has 2 N–H and O–H groups in total. The van der Waals surface area contributed by atoms with Crippen LogP contribution in [0.3, 0.4) is 0 Å². The van der Waals surface area contributed by atoms with Crippen LogP contribution in [-0.2, 0) is 4.79 Å². The molecule has 0 rings (SSSR count). The zero-order chi connectivity index (χ0) is 7.21. The Bertz CT molecular complexity index is 48.0. The number of amides is 1. The van der Waals surface area contributed by atoms with Crippen LogP contribution in [-0.4, -0.2) is 6.41 Å². The summed E-state index contributed by atoms with van der Waals surface area (Å²) in [5, 5.41) is 0. The van der Waals surface area contributed by atoms with Crippen LogP contribution in [0.2, 0.25) is 0 Å². The van der Waals surface area contributed by atoms with Gasteiger partial charge in [-0.3, -0.25) is 4.79 Å². The molecule has 1 amide bonds. The van der Waals surface area contributed by atoms with Crippen LogP contribution in [0, 0.1) is 5.41 Å². The highest BCUT2D eigenvalue weighted by Gasteiger charge is 1.95. The molecule has 0 spiro atoms. The second kappa shape index (κ2) is 4.62. The topological polar surface area (TPSA) is 43.1 Å². The van der Waals surface area contributed by atoms with Crippen LogP contribution >= 0.6 is 0 Å². The third-order valence-electron chi connectivity index (χ3n) is 0. The Morgan fingerprint density at radius 3 is 1.25 bits per heavy atom. The lowest BCUT2D eigenvalue weighted by molar-refractivity contribution is -0.106. The number of carbonyl (C=O) groups is 1. The van der Waals surface area contributed by atoms with Crippen molar-refractivity contribution in [3.63, 3.8) is 0 Å². The van der Waals surface area contributed by atoms with E-state index in [1.165, 1.54) is 0 Å². The zero-order valence-electron chi connectivity index (χ0n) is 6.06. The second-order valence-corrected chi connectivity index (χ2v) is 3.14. The molecule has 0 aromatic heterocycles. The maximum absolute atomic E-state index is 8.58. The number of carbonyl (C=O) groups excluding carboxylic acids is 1. The molecule has 0 heterocycles. The Hall–Kier alpha value is -0.530. The lowest BCUT2D eigenvalue weighted by Gasteiger charge is -2.05. The average molecular weight is 117 g/mol. The Morgan fingerprint density at radius 1 is 1.25 bits per heavy atom. The fourth-order valence-electron chi connectivity index (χ4n) is 0. The summed E-state index contributed by atoms with van der Waals surface area (Å²) in [6.07, 6.45) is 0.250. The molecule has 0 radical (unpaired) electrons. The lowest BCUT2D eigenvalue weighted by atomic mass is 10.0. The van der Waals surface area contributed by atoms with Gasteiger partial charge in [0.05, 0.1) is 0 Å². The summed E-state index contributed by atoms with van der Waals surface area (Å²) < 4.78 is 0. The standard InChI is InChI=1S/C5H12.CH3NO/c1-5(2,3)4;2-1-3/h1-4H3;1H,(H2,2,3). The fourth-order valence-corrected chi connectivity index (χ4v) is 0. The van der Waals surface area contributed by atoms with Gasteiger partial charge in [-0.1, -0.05) is 27.7 Å². The van der Waals surface area contributed by atoms with Gasteiger partial charge in [-0.05, 0) is 5.41 Å². The molecule has 0 atom stereocenters. The van der Waals surface area contributed by atoms with Gasteiger partial charge in [0.2, 0.25) is 6.41 Å². The first kappa shape index (κ1) is 10.5. The first-order valence-corrected chi connectivity index (χ1v) is 2.57. The molecule has 0 aromatic carbocycles. The number of nitrogens with two attached hydrogens (primary N) is 1. The molecule has 0 aromatic rings. The summed E-state index contributed by atoms with van der Waals surface area (Å²) in [6, 6.07) is 0. The third kappa shape index (κ3) is 389. The van der Waals surface area contributed by atoms with E-state index < -0.39 is 0 Å². The first-order chi connectivity index (χ1) is 3.41. The number of hydrogen-bond donors (Lipinski definition) is 1. The molecular formula is C6H15NO. The van der Waals surface area contributed by atoms with E-state index in [9.17, 15) is 0 Å². The normalized spacial score (nSPS) is 9.00. The van der Waals surface area contributed by atoms with Crippen molar-refractivity contribution in [2.24, 2.45) is 11.1 Å². The van der Waals surface area contributed by atoms with Crippen LogP contribution < -0.4 is 5.73 Å². The largest absolute Gasteiger partial charge is 0.372 e. The Morgan fingerprint density at radius 2 is 1.25 bits per heavy atom. The average Bonchev–Trinajstić information content (AvgIpc) is 1.27. The minimum atomic E-state index is 0.250. The van der Waals surface area contributed by atoms with Gasteiger partial charge in [0.15, 0.2) is 0 Å². The third-order valence-corrected chi connectivity index (χ3v) is 0. The molecule has 0 aliphatic carbocycles. The van der Waals surface area contributed by atoms with E-state index in [-0.39, 0.29) is 6.41 Å². The summed E-state index contributed by atoms with van der Waals surface area (Å²) in [5.74, 6) is 0. The molecule has 8 heavy (non-hydrogen) atoms. The van der Waals surface area contributed by atoms with E-state index in [1.54, 1.807) is 0 Å². The van der Waals surface area contributed by atoms with Gasteiger partial charge < -0.3 is 5.73 Å².